The summed E-state index contributed by atoms with van der Waals surface area (Å²) >= 11 is 6.18. The molecule has 31 heavy (non-hydrogen) atoms. The smallest absolute Gasteiger partial charge is 0.360 e. The highest BCUT2D eigenvalue weighted by Gasteiger charge is 2.25. The fourth-order valence-electron chi connectivity index (χ4n) is 3.72. The average Bonchev–Trinajstić information content (AvgIpc) is 2.75. The monoisotopic (exact) mass is 440 g/mol. The summed E-state index contributed by atoms with van der Waals surface area (Å²) in [4.78, 5) is 13.5. The fraction of sp³-hybridized carbons (Fsp3) is 0.375. The lowest BCUT2D eigenvalue weighted by molar-refractivity contribution is 0.341. The van der Waals surface area contributed by atoms with E-state index >= 15 is 0 Å². The maximum absolute atomic E-state index is 13.5. The number of benzene rings is 2. The molecule has 0 amide bonds. The molecule has 0 aliphatic rings. The Morgan fingerprint density at radius 2 is 1.90 bits per heavy atom. The number of halogens is 1. The minimum atomic E-state index is -0.0859. The van der Waals surface area contributed by atoms with Crippen molar-refractivity contribution in [1.82, 2.24) is 10.5 Å². The second-order valence-electron chi connectivity index (χ2n) is 8.04. The van der Waals surface area contributed by atoms with Crippen LogP contribution in [0.4, 0.5) is 0 Å². The molecule has 164 valence electrons. The van der Waals surface area contributed by atoms with Crippen molar-refractivity contribution in [2.75, 3.05) is 20.2 Å². The molecule has 0 saturated carbocycles. The quantitative estimate of drug-likeness (QED) is 0.345. The minimum Gasteiger partial charge on any atom is -0.459 e. The highest BCUT2D eigenvalue weighted by molar-refractivity contribution is 6.31. The van der Waals surface area contributed by atoms with Gasteiger partial charge in [-0.2, -0.15) is 0 Å². The standard InChI is InChI=1S/C24H30BClN2O3/c1-16(2)22(27-12-7-13-28-25-30-3)24-20(14-17-8-5-4-6-9-17)23(29)19-11-10-18(26)15-21(19)31-24/h4-6,8-11,15-16,22,25,27-28H,7,12-14H2,1-3H3. The lowest BCUT2D eigenvalue weighted by Crippen LogP contribution is -2.32. The zero-order chi connectivity index (χ0) is 22.2. The zero-order valence-corrected chi connectivity index (χ0v) is 19.2. The van der Waals surface area contributed by atoms with Crippen molar-refractivity contribution < 1.29 is 9.07 Å². The largest absolute Gasteiger partial charge is 0.459 e. The van der Waals surface area contributed by atoms with Gasteiger partial charge in [0.1, 0.15) is 11.3 Å². The van der Waals surface area contributed by atoms with Crippen LogP contribution in [0.25, 0.3) is 11.0 Å². The summed E-state index contributed by atoms with van der Waals surface area (Å²) in [5.74, 6) is 0.935. The summed E-state index contributed by atoms with van der Waals surface area (Å²) in [5, 5.41) is 7.92. The molecule has 0 spiro atoms. The first-order valence-corrected chi connectivity index (χ1v) is 11.1. The Balaban J connectivity index is 1.98. The molecule has 7 heteroatoms. The molecule has 0 aliphatic carbocycles. The van der Waals surface area contributed by atoms with Gasteiger partial charge in [-0.3, -0.25) is 4.79 Å². The van der Waals surface area contributed by atoms with Crippen molar-refractivity contribution in [3.05, 3.63) is 80.7 Å². The molecular weight excluding hydrogens is 411 g/mol. The molecule has 1 atom stereocenters. The predicted octanol–water partition coefficient (Wildman–Crippen LogP) is 4.22. The van der Waals surface area contributed by atoms with Gasteiger partial charge in [0.15, 0.2) is 5.43 Å². The Kier molecular flexibility index (Phi) is 8.73. The summed E-state index contributed by atoms with van der Waals surface area (Å²) < 4.78 is 11.4. The second-order valence-corrected chi connectivity index (χ2v) is 8.48. The van der Waals surface area contributed by atoms with Crippen molar-refractivity contribution in [2.24, 2.45) is 5.92 Å². The van der Waals surface area contributed by atoms with Crippen LogP contribution in [0, 0.1) is 5.92 Å². The maximum atomic E-state index is 13.5. The van der Waals surface area contributed by atoms with Gasteiger partial charge in [-0.1, -0.05) is 55.8 Å². The molecule has 3 rings (SSSR count). The van der Waals surface area contributed by atoms with Gasteiger partial charge in [0.05, 0.1) is 11.4 Å². The second kappa shape index (κ2) is 11.5. The number of fused-ring (bicyclic) bond motifs is 1. The summed E-state index contributed by atoms with van der Waals surface area (Å²) in [7, 11) is 2.21. The van der Waals surface area contributed by atoms with Gasteiger partial charge in [0.25, 0.3) is 0 Å². The van der Waals surface area contributed by atoms with E-state index in [1.807, 2.05) is 30.3 Å². The lowest BCUT2D eigenvalue weighted by atomic mass is 9.93. The normalized spacial score (nSPS) is 12.4. The number of nitrogens with one attached hydrogen (secondary N) is 2. The van der Waals surface area contributed by atoms with Gasteiger partial charge in [0.2, 0.25) is 0 Å². The Morgan fingerprint density at radius 3 is 2.61 bits per heavy atom. The third kappa shape index (κ3) is 6.20. The van der Waals surface area contributed by atoms with Crippen LogP contribution in [-0.4, -0.2) is 27.8 Å². The zero-order valence-electron chi connectivity index (χ0n) is 18.4. The van der Waals surface area contributed by atoms with Crippen LogP contribution in [0.2, 0.25) is 5.02 Å². The molecule has 5 nitrogen and oxygen atoms in total. The highest BCUT2D eigenvalue weighted by atomic mass is 35.5. The molecule has 1 unspecified atom stereocenters. The van der Waals surface area contributed by atoms with Crippen molar-refractivity contribution >= 4 is 30.2 Å². The van der Waals surface area contributed by atoms with Crippen LogP contribution in [0.5, 0.6) is 0 Å². The van der Waals surface area contributed by atoms with Crippen LogP contribution in [0.1, 0.15) is 43.2 Å². The van der Waals surface area contributed by atoms with E-state index in [4.69, 9.17) is 20.7 Å². The molecule has 0 radical (unpaired) electrons. The summed E-state index contributed by atoms with van der Waals surface area (Å²) in [5.41, 5.74) is 2.31. The summed E-state index contributed by atoms with van der Waals surface area (Å²) in [6.07, 6.45) is 1.46. The van der Waals surface area contributed by atoms with Gasteiger partial charge >= 0.3 is 7.62 Å². The Labute approximate surface area is 189 Å². The summed E-state index contributed by atoms with van der Waals surface area (Å²) in [6.45, 7) is 5.91. The maximum Gasteiger partial charge on any atom is 0.360 e. The third-order valence-electron chi connectivity index (χ3n) is 5.29. The lowest BCUT2D eigenvalue weighted by Gasteiger charge is -2.24. The highest BCUT2D eigenvalue weighted by Crippen LogP contribution is 2.29. The molecule has 0 saturated heterocycles. The minimum absolute atomic E-state index is 0.00554. The van der Waals surface area contributed by atoms with Gasteiger partial charge in [-0.25, -0.2) is 0 Å². The SMILES string of the molecule is COBNCCCNC(c1oc2cc(Cl)ccc2c(=O)c1Cc1ccccc1)C(C)C. The van der Waals surface area contributed by atoms with E-state index in [0.29, 0.717) is 41.4 Å². The summed E-state index contributed by atoms with van der Waals surface area (Å²) in [6, 6.07) is 15.1. The van der Waals surface area contributed by atoms with E-state index in [0.717, 1.165) is 25.1 Å². The third-order valence-corrected chi connectivity index (χ3v) is 5.53. The Morgan fingerprint density at radius 1 is 1.13 bits per heavy atom. The van der Waals surface area contributed by atoms with Crippen molar-refractivity contribution in [3.63, 3.8) is 0 Å². The van der Waals surface area contributed by atoms with Crippen LogP contribution >= 0.6 is 11.6 Å². The fourth-order valence-corrected chi connectivity index (χ4v) is 3.88. The van der Waals surface area contributed by atoms with E-state index in [1.165, 1.54) is 0 Å². The molecule has 1 heterocycles. The van der Waals surface area contributed by atoms with Gasteiger partial charge in [0, 0.05) is 30.2 Å². The van der Waals surface area contributed by atoms with Gasteiger partial charge in [-0.15, -0.1) is 0 Å². The molecular formula is C24H30BClN2O3. The number of rotatable bonds is 11. The van der Waals surface area contributed by atoms with E-state index in [2.05, 4.69) is 24.4 Å². The van der Waals surface area contributed by atoms with E-state index in [9.17, 15) is 4.79 Å². The average molecular weight is 441 g/mol. The van der Waals surface area contributed by atoms with Crippen LogP contribution in [0.3, 0.4) is 0 Å². The molecule has 1 aromatic heterocycles. The van der Waals surface area contributed by atoms with E-state index < -0.39 is 0 Å². The van der Waals surface area contributed by atoms with Crippen molar-refractivity contribution in [2.45, 2.75) is 32.7 Å². The first-order chi connectivity index (χ1) is 15.0. The van der Waals surface area contributed by atoms with Crippen LogP contribution in [-0.2, 0) is 11.1 Å². The first kappa shape index (κ1) is 23.5. The van der Waals surface area contributed by atoms with E-state index in [-0.39, 0.29) is 17.4 Å². The Hall–Kier alpha value is -2.12. The van der Waals surface area contributed by atoms with Crippen molar-refractivity contribution in [3.8, 4) is 0 Å². The topological polar surface area (TPSA) is 63.5 Å². The molecule has 2 N–H and O–H groups in total. The molecule has 0 fully saturated rings. The van der Waals surface area contributed by atoms with Crippen LogP contribution < -0.4 is 16.0 Å². The molecule has 0 aliphatic heterocycles. The first-order valence-electron chi connectivity index (χ1n) is 10.7. The Bertz CT molecular complexity index is 1040. The predicted molar refractivity (Wildman–Crippen MR) is 129 cm³/mol. The molecule has 3 aromatic rings. The molecule has 2 aromatic carbocycles. The molecule has 0 bridgehead atoms. The van der Waals surface area contributed by atoms with Crippen LogP contribution in [0.15, 0.2) is 57.7 Å². The number of hydrogen-bond acceptors (Lipinski definition) is 5. The van der Waals surface area contributed by atoms with Gasteiger partial charge < -0.3 is 19.6 Å². The van der Waals surface area contributed by atoms with Gasteiger partial charge in [-0.05, 0) is 43.1 Å². The van der Waals surface area contributed by atoms with Crippen molar-refractivity contribution in [1.29, 1.82) is 0 Å². The number of hydrogen-bond donors (Lipinski definition) is 2. The van der Waals surface area contributed by atoms with E-state index in [1.54, 1.807) is 25.3 Å².